The van der Waals surface area contributed by atoms with E-state index in [0.717, 1.165) is 30.0 Å². The molecular formula is C17H25NO2. The standard InChI is InChI=1S/C17H25NO2/c1-11-9-12(2)15-13(10-11)14(19)16(17(3,4)20-15)18-7-5-6-8-18/h9-10,14,16,19H,5-8H2,1-4H3. The predicted octanol–water partition coefficient (Wildman–Crippen LogP) is 2.97. The predicted molar refractivity (Wildman–Crippen MR) is 80.2 cm³/mol. The van der Waals surface area contributed by atoms with Crippen molar-refractivity contribution in [2.24, 2.45) is 0 Å². The second-order valence-corrected chi connectivity index (χ2v) is 6.84. The Morgan fingerprint density at radius 2 is 1.85 bits per heavy atom. The highest BCUT2D eigenvalue weighted by Gasteiger charge is 2.47. The summed E-state index contributed by atoms with van der Waals surface area (Å²) in [4.78, 5) is 2.39. The number of aliphatic hydroxyl groups is 1. The van der Waals surface area contributed by atoms with Crippen molar-refractivity contribution < 1.29 is 9.84 Å². The van der Waals surface area contributed by atoms with Gasteiger partial charge in [0, 0.05) is 5.56 Å². The SMILES string of the molecule is Cc1cc(C)c2c(c1)C(O)C(N1CCCC1)C(C)(C)O2. The van der Waals surface area contributed by atoms with Gasteiger partial charge in [0.1, 0.15) is 17.5 Å². The number of likely N-dealkylation sites (tertiary alicyclic amines) is 1. The van der Waals surface area contributed by atoms with Crippen molar-refractivity contribution in [1.29, 1.82) is 0 Å². The van der Waals surface area contributed by atoms with Crippen molar-refractivity contribution in [1.82, 2.24) is 4.90 Å². The van der Waals surface area contributed by atoms with Gasteiger partial charge in [-0.05, 0) is 65.3 Å². The smallest absolute Gasteiger partial charge is 0.128 e. The summed E-state index contributed by atoms with van der Waals surface area (Å²) in [6.07, 6.45) is 1.98. The zero-order valence-corrected chi connectivity index (χ0v) is 12.9. The molecular weight excluding hydrogens is 250 g/mol. The summed E-state index contributed by atoms with van der Waals surface area (Å²) >= 11 is 0. The summed E-state index contributed by atoms with van der Waals surface area (Å²) < 4.78 is 6.30. The quantitative estimate of drug-likeness (QED) is 0.855. The Kier molecular flexibility index (Phi) is 3.30. The van der Waals surface area contributed by atoms with Gasteiger partial charge in [-0.15, -0.1) is 0 Å². The second-order valence-electron chi connectivity index (χ2n) is 6.84. The van der Waals surface area contributed by atoms with Gasteiger partial charge in [0.2, 0.25) is 0 Å². The normalized spacial score (nSPS) is 29.1. The lowest BCUT2D eigenvalue weighted by Gasteiger charge is -2.47. The van der Waals surface area contributed by atoms with Gasteiger partial charge in [0.05, 0.1) is 6.04 Å². The fourth-order valence-corrected chi connectivity index (χ4v) is 3.88. The Bertz CT molecular complexity index is 518. The number of fused-ring (bicyclic) bond motifs is 1. The van der Waals surface area contributed by atoms with E-state index in [2.05, 4.69) is 44.7 Å². The van der Waals surface area contributed by atoms with Crippen LogP contribution in [0.5, 0.6) is 5.75 Å². The van der Waals surface area contributed by atoms with E-state index in [4.69, 9.17) is 4.74 Å². The molecule has 1 saturated heterocycles. The highest BCUT2D eigenvalue weighted by Crippen LogP contribution is 2.44. The Labute approximate surface area is 121 Å². The molecule has 20 heavy (non-hydrogen) atoms. The fourth-order valence-electron chi connectivity index (χ4n) is 3.88. The van der Waals surface area contributed by atoms with Crippen LogP contribution in [0.15, 0.2) is 12.1 Å². The van der Waals surface area contributed by atoms with Crippen LogP contribution in [0.25, 0.3) is 0 Å². The summed E-state index contributed by atoms with van der Waals surface area (Å²) in [5, 5.41) is 10.9. The maximum absolute atomic E-state index is 10.9. The lowest BCUT2D eigenvalue weighted by molar-refractivity contribution is -0.0761. The summed E-state index contributed by atoms with van der Waals surface area (Å²) in [6, 6.07) is 4.24. The average molecular weight is 275 g/mol. The van der Waals surface area contributed by atoms with E-state index in [1.807, 2.05) is 0 Å². The summed E-state index contributed by atoms with van der Waals surface area (Å²) in [7, 11) is 0. The second kappa shape index (κ2) is 4.74. The molecule has 0 saturated carbocycles. The molecule has 0 aliphatic carbocycles. The molecule has 0 bridgehead atoms. The van der Waals surface area contributed by atoms with Crippen LogP contribution < -0.4 is 4.74 Å². The monoisotopic (exact) mass is 275 g/mol. The largest absolute Gasteiger partial charge is 0.485 e. The van der Waals surface area contributed by atoms with Crippen LogP contribution in [0.3, 0.4) is 0 Å². The lowest BCUT2D eigenvalue weighted by atomic mass is 9.83. The van der Waals surface area contributed by atoms with Gasteiger partial charge in [-0.2, -0.15) is 0 Å². The van der Waals surface area contributed by atoms with E-state index in [1.54, 1.807) is 0 Å². The van der Waals surface area contributed by atoms with E-state index < -0.39 is 6.10 Å². The Morgan fingerprint density at radius 3 is 2.50 bits per heavy atom. The Hall–Kier alpha value is -1.06. The van der Waals surface area contributed by atoms with Crippen molar-refractivity contribution in [2.75, 3.05) is 13.1 Å². The molecule has 0 aromatic heterocycles. The molecule has 3 nitrogen and oxygen atoms in total. The van der Waals surface area contributed by atoms with Gasteiger partial charge >= 0.3 is 0 Å². The summed E-state index contributed by atoms with van der Waals surface area (Å²) in [5.41, 5.74) is 2.89. The maximum Gasteiger partial charge on any atom is 0.128 e. The van der Waals surface area contributed by atoms with Crippen molar-refractivity contribution >= 4 is 0 Å². The molecule has 0 radical (unpaired) electrons. The first-order valence-electron chi connectivity index (χ1n) is 7.62. The van der Waals surface area contributed by atoms with E-state index in [0.29, 0.717) is 0 Å². The zero-order chi connectivity index (χ0) is 14.5. The van der Waals surface area contributed by atoms with Gasteiger partial charge in [0.25, 0.3) is 0 Å². The number of hydrogen-bond acceptors (Lipinski definition) is 3. The fraction of sp³-hybridized carbons (Fsp3) is 0.647. The average Bonchev–Trinajstić information content (AvgIpc) is 2.84. The van der Waals surface area contributed by atoms with E-state index in [9.17, 15) is 5.11 Å². The van der Waals surface area contributed by atoms with Crippen LogP contribution in [0.2, 0.25) is 0 Å². The molecule has 2 unspecified atom stereocenters. The minimum absolute atomic E-state index is 0.0405. The molecule has 3 rings (SSSR count). The molecule has 2 heterocycles. The maximum atomic E-state index is 10.9. The highest BCUT2D eigenvalue weighted by molar-refractivity contribution is 5.48. The van der Waals surface area contributed by atoms with Crippen LogP contribution in [0.1, 0.15) is 49.5 Å². The topological polar surface area (TPSA) is 32.7 Å². The van der Waals surface area contributed by atoms with Crippen LogP contribution in [-0.4, -0.2) is 34.7 Å². The number of rotatable bonds is 1. The van der Waals surface area contributed by atoms with Crippen LogP contribution in [-0.2, 0) is 0 Å². The van der Waals surface area contributed by atoms with Crippen molar-refractivity contribution in [3.8, 4) is 5.75 Å². The van der Waals surface area contributed by atoms with Crippen molar-refractivity contribution in [3.63, 3.8) is 0 Å². The van der Waals surface area contributed by atoms with Gasteiger partial charge in [-0.3, -0.25) is 4.90 Å². The Morgan fingerprint density at radius 1 is 1.20 bits per heavy atom. The van der Waals surface area contributed by atoms with Crippen LogP contribution in [0.4, 0.5) is 0 Å². The van der Waals surface area contributed by atoms with Gasteiger partial charge in [0.15, 0.2) is 0 Å². The van der Waals surface area contributed by atoms with E-state index in [1.165, 1.54) is 18.4 Å². The molecule has 2 aliphatic heterocycles. The number of aliphatic hydroxyl groups excluding tert-OH is 1. The van der Waals surface area contributed by atoms with E-state index in [-0.39, 0.29) is 11.6 Å². The molecule has 1 fully saturated rings. The summed E-state index contributed by atoms with van der Waals surface area (Å²) in [5.74, 6) is 0.878. The number of nitrogens with zero attached hydrogens (tertiary/aromatic N) is 1. The molecule has 0 amide bonds. The third-order valence-electron chi connectivity index (χ3n) is 4.68. The molecule has 3 heteroatoms. The minimum atomic E-state index is -0.467. The number of ether oxygens (including phenoxy) is 1. The third-order valence-corrected chi connectivity index (χ3v) is 4.68. The lowest BCUT2D eigenvalue weighted by Crippen LogP contribution is -2.57. The first-order chi connectivity index (χ1) is 9.40. The Balaban J connectivity index is 2.06. The van der Waals surface area contributed by atoms with Crippen LogP contribution in [0, 0.1) is 13.8 Å². The van der Waals surface area contributed by atoms with Gasteiger partial charge in [-0.25, -0.2) is 0 Å². The van der Waals surface area contributed by atoms with Gasteiger partial charge < -0.3 is 9.84 Å². The van der Waals surface area contributed by atoms with Crippen LogP contribution >= 0.6 is 0 Å². The third kappa shape index (κ3) is 2.13. The number of aryl methyl sites for hydroxylation is 2. The molecule has 1 N–H and O–H groups in total. The zero-order valence-electron chi connectivity index (χ0n) is 12.9. The number of benzene rings is 1. The highest BCUT2D eigenvalue weighted by atomic mass is 16.5. The molecule has 1 aromatic carbocycles. The first-order valence-corrected chi connectivity index (χ1v) is 7.62. The molecule has 110 valence electrons. The van der Waals surface area contributed by atoms with Crippen molar-refractivity contribution in [3.05, 3.63) is 28.8 Å². The molecule has 0 spiro atoms. The van der Waals surface area contributed by atoms with Crippen molar-refractivity contribution in [2.45, 2.75) is 58.3 Å². The molecule has 2 aliphatic rings. The molecule has 2 atom stereocenters. The van der Waals surface area contributed by atoms with E-state index >= 15 is 0 Å². The minimum Gasteiger partial charge on any atom is -0.485 e. The first kappa shape index (κ1) is 13.9. The number of hydrogen-bond donors (Lipinski definition) is 1. The summed E-state index contributed by atoms with van der Waals surface area (Å²) in [6.45, 7) is 10.5. The van der Waals surface area contributed by atoms with Gasteiger partial charge in [-0.1, -0.05) is 11.6 Å². The molecule has 1 aromatic rings.